The monoisotopic (exact) mass is 467 g/mol. The first kappa shape index (κ1) is 24.1. The van der Waals surface area contributed by atoms with Gasteiger partial charge in [-0.1, -0.05) is 6.07 Å². The van der Waals surface area contributed by atoms with Crippen LogP contribution in [0.25, 0.3) is 0 Å². The van der Waals surface area contributed by atoms with E-state index in [0.29, 0.717) is 39.2 Å². The molecule has 0 aliphatic carbocycles. The van der Waals surface area contributed by atoms with Crippen molar-refractivity contribution in [3.63, 3.8) is 0 Å². The van der Waals surface area contributed by atoms with Crippen molar-refractivity contribution in [1.29, 1.82) is 0 Å². The number of anilines is 1. The Balaban J connectivity index is 1.76. The van der Waals surface area contributed by atoms with Gasteiger partial charge in [-0.05, 0) is 36.8 Å². The van der Waals surface area contributed by atoms with E-state index in [1.165, 1.54) is 18.7 Å². The van der Waals surface area contributed by atoms with Gasteiger partial charge in [-0.2, -0.15) is 0 Å². The molecule has 3 aromatic rings. The van der Waals surface area contributed by atoms with Crippen molar-refractivity contribution in [2.45, 2.75) is 31.2 Å². The van der Waals surface area contributed by atoms with Crippen LogP contribution in [0.4, 0.5) is 5.69 Å². The Hall–Kier alpha value is -3.59. The van der Waals surface area contributed by atoms with Crippen LogP contribution in [0.2, 0.25) is 0 Å². The zero-order valence-electron chi connectivity index (χ0n) is 18.9. The number of rotatable bonds is 9. The van der Waals surface area contributed by atoms with Gasteiger partial charge in [-0.3, -0.25) is 14.6 Å². The van der Waals surface area contributed by atoms with Crippen LogP contribution in [0.3, 0.4) is 0 Å². The highest BCUT2D eigenvalue weighted by Gasteiger charge is 2.16. The average Bonchev–Trinajstić information content (AvgIpc) is 2.83. The summed E-state index contributed by atoms with van der Waals surface area (Å²) < 4.78 is 15.7. The third-order valence-electron chi connectivity index (χ3n) is 4.84. The van der Waals surface area contributed by atoms with Gasteiger partial charge < -0.3 is 19.5 Å². The number of methoxy groups -OCH3 is 2. The first-order chi connectivity index (χ1) is 15.9. The lowest BCUT2D eigenvalue weighted by Gasteiger charge is -2.14. The Morgan fingerprint density at radius 2 is 1.88 bits per heavy atom. The molecule has 1 N–H and O–H groups in total. The van der Waals surface area contributed by atoms with Gasteiger partial charge in [0.05, 0.1) is 25.5 Å². The Morgan fingerprint density at radius 3 is 2.61 bits per heavy atom. The molecular weight excluding hydrogens is 442 g/mol. The summed E-state index contributed by atoms with van der Waals surface area (Å²) in [6, 6.07) is 10.8. The van der Waals surface area contributed by atoms with Crippen molar-refractivity contribution in [2.24, 2.45) is 0 Å². The van der Waals surface area contributed by atoms with Gasteiger partial charge in [-0.15, -0.1) is 11.8 Å². The van der Waals surface area contributed by atoms with Crippen molar-refractivity contribution in [3.8, 4) is 11.5 Å². The average molecular weight is 468 g/mol. The van der Waals surface area contributed by atoms with E-state index in [9.17, 15) is 9.59 Å². The molecule has 0 radical (unpaired) electrons. The molecule has 8 nitrogen and oxygen atoms in total. The van der Waals surface area contributed by atoms with E-state index in [1.807, 2.05) is 25.1 Å². The molecule has 0 saturated heterocycles. The normalized spacial score (nSPS) is 10.4. The van der Waals surface area contributed by atoms with Gasteiger partial charge in [-0.25, -0.2) is 4.98 Å². The van der Waals surface area contributed by atoms with Crippen LogP contribution in [-0.4, -0.2) is 36.1 Å². The molecule has 0 unspecified atom stereocenters. The summed E-state index contributed by atoms with van der Waals surface area (Å²) >= 11 is 1.44. The topological polar surface area (TPSA) is 99.6 Å². The van der Waals surface area contributed by atoms with Crippen LogP contribution < -0.4 is 14.8 Å². The van der Waals surface area contributed by atoms with Crippen LogP contribution in [-0.2, 0) is 21.9 Å². The Morgan fingerprint density at radius 1 is 1.06 bits per heavy atom. The zero-order chi connectivity index (χ0) is 23.8. The van der Waals surface area contributed by atoms with Crippen molar-refractivity contribution in [1.82, 2.24) is 9.97 Å². The van der Waals surface area contributed by atoms with Gasteiger partial charge in [0.1, 0.15) is 23.1 Å². The lowest BCUT2D eigenvalue weighted by molar-refractivity contribution is -0.142. The third kappa shape index (κ3) is 6.23. The number of aromatic nitrogens is 2. The van der Waals surface area contributed by atoms with Gasteiger partial charge in [0.25, 0.3) is 5.91 Å². The van der Waals surface area contributed by atoms with Gasteiger partial charge in [0.15, 0.2) is 0 Å². The van der Waals surface area contributed by atoms with Gasteiger partial charge in [0, 0.05) is 42.4 Å². The summed E-state index contributed by atoms with van der Waals surface area (Å²) in [5.41, 5.74) is 3.31. The van der Waals surface area contributed by atoms with E-state index in [4.69, 9.17) is 14.2 Å². The lowest BCUT2D eigenvalue weighted by Crippen LogP contribution is -2.15. The summed E-state index contributed by atoms with van der Waals surface area (Å²) in [6.45, 7) is 3.20. The molecule has 3 rings (SSSR count). The maximum atomic E-state index is 13.1. The molecule has 0 spiro atoms. The largest absolute Gasteiger partial charge is 0.497 e. The Labute approximate surface area is 196 Å². The molecule has 2 aromatic heterocycles. The summed E-state index contributed by atoms with van der Waals surface area (Å²) in [5, 5.41) is 3.51. The van der Waals surface area contributed by atoms with E-state index in [2.05, 4.69) is 15.3 Å². The first-order valence-electron chi connectivity index (χ1n) is 10.1. The second-order valence-electron chi connectivity index (χ2n) is 6.99. The smallest absolute Gasteiger partial charge is 0.303 e. The number of pyridine rings is 2. The van der Waals surface area contributed by atoms with Crippen LogP contribution in [0, 0.1) is 6.92 Å². The summed E-state index contributed by atoms with van der Waals surface area (Å²) in [6.07, 6.45) is 3.22. The molecule has 0 saturated carbocycles. The molecule has 0 atom stereocenters. The quantitative estimate of drug-likeness (QED) is 0.365. The molecule has 9 heteroatoms. The van der Waals surface area contributed by atoms with E-state index in [0.717, 1.165) is 11.1 Å². The first-order valence-corrected chi connectivity index (χ1v) is 11.1. The molecule has 1 amide bonds. The third-order valence-corrected chi connectivity index (χ3v) is 5.90. The number of nitrogens with one attached hydrogen (secondary N) is 1. The Bertz CT molecular complexity index is 1150. The second-order valence-corrected chi connectivity index (χ2v) is 7.95. The molecule has 0 fully saturated rings. The minimum atomic E-state index is -0.392. The van der Waals surface area contributed by atoms with Crippen LogP contribution >= 0.6 is 11.8 Å². The fourth-order valence-corrected chi connectivity index (χ4v) is 4.00. The highest BCUT2D eigenvalue weighted by molar-refractivity contribution is 7.98. The van der Waals surface area contributed by atoms with Crippen LogP contribution in [0.15, 0.2) is 53.8 Å². The summed E-state index contributed by atoms with van der Waals surface area (Å²) in [7, 11) is 3.21. The predicted octanol–water partition coefficient (Wildman–Crippen LogP) is 4.41. The number of hydrogen-bond acceptors (Lipinski definition) is 8. The highest BCUT2D eigenvalue weighted by atomic mass is 32.2. The fraction of sp³-hybridized carbons (Fsp3) is 0.250. The number of esters is 1. The molecule has 0 bridgehead atoms. The van der Waals surface area contributed by atoms with Crippen molar-refractivity contribution < 1.29 is 23.8 Å². The van der Waals surface area contributed by atoms with Gasteiger partial charge in [0.2, 0.25) is 0 Å². The second kappa shape index (κ2) is 11.3. The minimum absolute atomic E-state index is 0.0442. The maximum Gasteiger partial charge on any atom is 0.303 e. The van der Waals surface area contributed by atoms with E-state index < -0.39 is 5.97 Å². The number of benzene rings is 1. The minimum Gasteiger partial charge on any atom is -0.497 e. The van der Waals surface area contributed by atoms with Crippen molar-refractivity contribution in [3.05, 3.63) is 71.2 Å². The molecule has 0 aliphatic rings. The molecule has 2 heterocycles. The number of carbonyl (C=O) groups is 2. The van der Waals surface area contributed by atoms with Crippen LogP contribution in [0.1, 0.15) is 34.1 Å². The lowest BCUT2D eigenvalue weighted by atomic mass is 10.1. The zero-order valence-corrected chi connectivity index (χ0v) is 19.7. The number of amides is 1. The Kier molecular flexibility index (Phi) is 8.26. The van der Waals surface area contributed by atoms with E-state index in [-0.39, 0.29) is 12.5 Å². The van der Waals surface area contributed by atoms with Crippen molar-refractivity contribution in [2.75, 3.05) is 19.5 Å². The molecule has 172 valence electrons. The number of nitrogens with zero attached hydrogens (tertiary/aromatic N) is 2. The maximum absolute atomic E-state index is 13.1. The molecule has 1 aromatic carbocycles. The fourth-order valence-electron chi connectivity index (χ4n) is 3.02. The number of thioether (sulfide) groups is 1. The number of carbonyl (C=O) groups excluding carboxylic acids is 2. The highest BCUT2D eigenvalue weighted by Crippen LogP contribution is 2.31. The predicted molar refractivity (Wildman–Crippen MR) is 126 cm³/mol. The molecular formula is C24H25N3O5S. The summed E-state index contributed by atoms with van der Waals surface area (Å²) in [4.78, 5) is 32.8. The van der Waals surface area contributed by atoms with Crippen LogP contribution in [0.5, 0.6) is 11.5 Å². The SMILES string of the molecule is COc1ccc(CSc2ncccc2C(=O)Nc2ccnc(COC(C)=O)c2C)c(OC)c1. The standard InChI is InChI=1S/C24H25N3O5S/c1-15-20(9-11-25-21(15)13-32-16(2)28)27-23(29)19-6-5-10-26-24(19)33-14-17-7-8-18(30-3)12-22(17)31-4/h5-12H,13-14H2,1-4H3,(H,25,27,29). The van der Waals surface area contributed by atoms with Crippen molar-refractivity contribution >= 4 is 29.3 Å². The number of ether oxygens (including phenoxy) is 3. The molecule has 0 aliphatic heterocycles. The van der Waals surface area contributed by atoms with E-state index in [1.54, 1.807) is 44.8 Å². The van der Waals surface area contributed by atoms with Gasteiger partial charge >= 0.3 is 5.97 Å². The number of hydrogen-bond donors (Lipinski definition) is 1. The summed E-state index contributed by atoms with van der Waals surface area (Å²) in [5.74, 6) is 1.29. The molecule has 33 heavy (non-hydrogen) atoms. The van der Waals surface area contributed by atoms with E-state index >= 15 is 0 Å².